The van der Waals surface area contributed by atoms with Crippen LogP contribution >= 0.6 is 0 Å². The number of carbonyl (C=O) groups is 1. The van der Waals surface area contributed by atoms with Gasteiger partial charge in [-0.05, 0) is 36.8 Å². The number of amides is 1. The Bertz CT molecular complexity index is 1230. The van der Waals surface area contributed by atoms with Crippen LogP contribution in [0.15, 0.2) is 30.3 Å². The number of primary amides is 1. The molecule has 0 spiro atoms. The fraction of sp³-hybridized carbons (Fsp3) is 0.111. The van der Waals surface area contributed by atoms with Crippen molar-refractivity contribution in [3.63, 3.8) is 0 Å². The van der Waals surface area contributed by atoms with Gasteiger partial charge in [0.25, 0.3) is 5.91 Å². The predicted octanol–water partition coefficient (Wildman–Crippen LogP) is 4.00. The number of alkyl halides is 3. The number of H-pyrrole nitrogens is 1. The molecule has 4 rings (SSSR count). The van der Waals surface area contributed by atoms with Crippen LogP contribution in [0.25, 0.3) is 32.7 Å². The van der Waals surface area contributed by atoms with E-state index in [4.69, 9.17) is 5.73 Å². The van der Waals surface area contributed by atoms with Gasteiger partial charge < -0.3 is 15.8 Å². The Labute approximate surface area is 144 Å². The number of aromatic amines is 1. The molecule has 8 heteroatoms. The maximum absolute atomic E-state index is 13.2. The van der Waals surface area contributed by atoms with E-state index in [0.29, 0.717) is 16.3 Å². The number of rotatable bonds is 1. The zero-order valence-electron chi connectivity index (χ0n) is 13.4. The molecule has 4 aromatic rings. The highest BCUT2D eigenvalue weighted by Crippen LogP contribution is 2.40. The molecule has 0 atom stereocenters. The average Bonchev–Trinajstić information content (AvgIpc) is 2.98. The number of hydrogen-bond acceptors (Lipinski definition) is 3. The monoisotopic (exact) mass is 359 g/mol. The van der Waals surface area contributed by atoms with Crippen LogP contribution < -0.4 is 5.73 Å². The maximum Gasteiger partial charge on any atom is 0.416 e. The molecule has 0 fully saturated rings. The normalized spacial score (nSPS) is 12.3. The van der Waals surface area contributed by atoms with Gasteiger partial charge in [0.05, 0.1) is 22.1 Å². The van der Waals surface area contributed by atoms with E-state index in [1.807, 2.05) is 0 Å². The standard InChI is InChI=1S/C18H12F3N3O2/c1-7-2-5-11(25)14-12(7)13-9-6-8(18(19,20)21)3-4-10(9)23-16(17(22)26)15(13)24-14/h2-6,24-25H,1H3,(H2,22,26). The van der Waals surface area contributed by atoms with E-state index in [0.717, 1.165) is 17.7 Å². The number of aromatic nitrogens is 2. The summed E-state index contributed by atoms with van der Waals surface area (Å²) in [5, 5.41) is 11.3. The number of nitrogens with two attached hydrogens (primary N) is 1. The highest BCUT2D eigenvalue weighted by atomic mass is 19.4. The molecule has 1 amide bonds. The number of halogens is 3. The van der Waals surface area contributed by atoms with E-state index in [2.05, 4.69) is 9.97 Å². The summed E-state index contributed by atoms with van der Waals surface area (Å²) in [5.41, 5.74) is 5.93. The molecule has 0 unspecified atom stereocenters. The van der Waals surface area contributed by atoms with Gasteiger partial charge in [0, 0.05) is 16.2 Å². The second-order valence-corrected chi connectivity index (χ2v) is 6.08. The van der Waals surface area contributed by atoms with Crippen LogP contribution in [0.1, 0.15) is 21.6 Å². The van der Waals surface area contributed by atoms with Gasteiger partial charge in [-0.1, -0.05) is 6.07 Å². The smallest absolute Gasteiger partial charge is 0.416 e. The quantitative estimate of drug-likeness (QED) is 0.480. The second kappa shape index (κ2) is 5.10. The summed E-state index contributed by atoms with van der Waals surface area (Å²) in [6, 6.07) is 6.22. The van der Waals surface area contributed by atoms with Crippen molar-refractivity contribution in [1.29, 1.82) is 0 Å². The van der Waals surface area contributed by atoms with Crippen LogP contribution in [-0.4, -0.2) is 21.0 Å². The number of pyridine rings is 1. The Balaban J connectivity index is 2.31. The topological polar surface area (TPSA) is 92.0 Å². The second-order valence-electron chi connectivity index (χ2n) is 6.08. The largest absolute Gasteiger partial charge is 0.506 e. The molecule has 132 valence electrons. The van der Waals surface area contributed by atoms with Crippen LogP contribution in [0.3, 0.4) is 0 Å². The minimum atomic E-state index is -4.52. The van der Waals surface area contributed by atoms with Crippen molar-refractivity contribution in [3.8, 4) is 5.75 Å². The van der Waals surface area contributed by atoms with Gasteiger partial charge in [-0.3, -0.25) is 4.79 Å². The number of phenols is 1. The summed E-state index contributed by atoms with van der Waals surface area (Å²) < 4.78 is 39.5. The molecular formula is C18H12F3N3O2. The summed E-state index contributed by atoms with van der Waals surface area (Å²) in [6.45, 7) is 1.76. The maximum atomic E-state index is 13.2. The van der Waals surface area contributed by atoms with Crippen molar-refractivity contribution in [2.24, 2.45) is 5.73 Å². The Morgan fingerprint density at radius 1 is 1.15 bits per heavy atom. The minimum absolute atomic E-state index is 0.0858. The van der Waals surface area contributed by atoms with E-state index < -0.39 is 17.6 Å². The first-order valence-corrected chi connectivity index (χ1v) is 7.63. The van der Waals surface area contributed by atoms with Crippen molar-refractivity contribution in [2.75, 3.05) is 0 Å². The number of fused-ring (bicyclic) bond motifs is 5. The molecule has 0 bridgehead atoms. The number of nitrogens with zero attached hydrogens (tertiary/aromatic N) is 1. The van der Waals surface area contributed by atoms with Crippen molar-refractivity contribution in [3.05, 3.63) is 47.2 Å². The lowest BCUT2D eigenvalue weighted by atomic mass is 10.0. The first-order valence-electron chi connectivity index (χ1n) is 7.63. The molecule has 0 radical (unpaired) electrons. The fourth-order valence-electron chi connectivity index (χ4n) is 3.27. The Kier molecular flexibility index (Phi) is 3.18. The zero-order chi connectivity index (χ0) is 18.8. The summed E-state index contributed by atoms with van der Waals surface area (Å²) in [6.07, 6.45) is -4.52. The lowest BCUT2D eigenvalue weighted by Gasteiger charge is -2.10. The number of benzene rings is 2. The number of aryl methyl sites for hydroxylation is 1. The summed E-state index contributed by atoms with van der Waals surface area (Å²) in [4.78, 5) is 18.8. The lowest BCUT2D eigenvalue weighted by molar-refractivity contribution is -0.137. The highest BCUT2D eigenvalue weighted by molar-refractivity contribution is 6.25. The van der Waals surface area contributed by atoms with Crippen LogP contribution in [0.4, 0.5) is 13.2 Å². The third-order valence-electron chi connectivity index (χ3n) is 4.44. The van der Waals surface area contributed by atoms with Crippen molar-refractivity contribution >= 4 is 38.6 Å². The van der Waals surface area contributed by atoms with Gasteiger partial charge in [-0.25, -0.2) is 4.98 Å². The van der Waals surface area contributed by atoms with E-state index >= 15 is 0 Å². The average molecular weight is 359 g/mol. The Morgan fingerprint density at radius 2 is 1.88 bits per heavy atom. The van der Waals surface area contributed by atoms with Crippen LogP contribution in [0, 0.1) is 6.92 Å². The van der Waals surface area contributed by atoms with E-state index in [1.165, 1.54) is 12.1 Å². The molecule has 2 aromatic carbocycles. The third-order valence-corrected chi connectivity index (χ3v) is 4.44. The molecule has 2 aromatic heterocycles. The molecule has 0 saturated carbocycles. The predicted molar refractivity (Wildman–Crippen MR) is 91.0 cm³/mol. The number of nitrogens with one attached hydrogen (secondary N) is 1. The van der Waals surface area contributed by atoms with Gasteiger partial charge in [-0.2, -0.15) is 13.2 Å². The summed E-state index contributed by atoms with van der Waals surface area (Å²) in [5.74, 6) is -0.905. The summed E-state index contributed by atoms with van der Waals surface area (Å²) in [7, 11) is 0. The molecule has 0 aliphatic carbocycles. The van der Waals surface area contributed by atoms with Crippen LogP contribution in [0.5, 0.6) is 5.75 Å². The Hall–Kier alpha value is -3.29. The van der Waals surface area contributed by atoms with Gasteiger partial charge >= 0.3 is 6.18 Å². The molecule has 4 N–H and O–H groups in total. The molecule has 0 saturated heterocycles. The zero-order valence-corrected chi connectivity index (χ0v) is 13.4. The van der Waals surface area contributed by atoms with Gasteiger partial charge in [0.1, 0.15) is 5.75 Å². The highest BCUT2D eigenvalue weighted by Gasteiger charge is 2.31. The Morgan fingerprint density at radius 3 is 2.54 bits per heavy atom. The van der Waals surface area contributed by atoms with E-state index in [9.17, 15) is 23.1 Å². The molecule has 2 heterocycles. The van der Waals surface area contributed by atoms with Crippen LogP contribution in [0.2, 0.25) is 0 Å². The molecule has 5 nitrogen and oxygen atoms in total. The first kappa shape index (κ1) is 16.2. The van der Waals surface area contributed by atoms with Gasteiger partial charge in [0.15, 0.2) is 5.69 Å². The molecule has 0 aliphatic heterocycles. The minimum Gasteiger partial charge on any atom is -0.506 e. The summed E-state index contributed by atoms with van der Waals surface area (Å²) >= 11 is 0. The number of phenolic OH excluding ortho intramolecular Hbond substituents is 1. The third kappa shape index (κ3) is 2.18. The van der Waals surface area contributed by atoms with Gasteiger partial charge in [0.2, 0.25) is 0 Å². The molecule has 0 aliphatic rings. The molecular weight excluding hydrogens is 347 g/mol. The molecule has 26 heavy (non-hydrogen) atoms. The SMILES string of the molecule is Cc1ccc(O)c2[nH]c3c(C(N)=O)nc4ccc(C(F)(F)F)cc4c3c12. The van der Waals surface area contributed by atoms with E-state index in [-0.39, 0.29) is 27.9 Å². The number of hydrogen-bond donors (Lipinski definition) is 3. The number of carbonyl (C=O) groups excluding carboxylic acids is 1. The number of aromatic hydroxyl groups is 1. The van der Waals surface area contributed by atoms with Crippen molar-refractivity contribution in [1.82, 2.24) is 9.97 Å². The van der Waals surface area contributed by atoms with E-state index in [1.54, 1.807) is 13.0 Å². The first-order chi connectivity index (χ1) is 12.2. The van der Waals surface area contributed by atoms with Crippen molar-refractivity contribution in [2.45, 2.75) is 13.1 Å². The fourth-order valence-corrected chi connectivity index (χ4v) is 3.27. The van der Waals surface area contributed by atoms with Crippen molar-refractivity contribution < 1.29 is 23.1 Å². The van der Waals surface area contributed by atoms with Gasteiger partial charge in [-0.15, -0.1) is 0 Å². The van der Waals surface area contributed by atoms with Crippen LogP contribution in [-0.2, 0) is 6.18 Å². The lowest BCUT2D eigenvalue weighted by Crippen LogP contribution is -2.14.